The van der Waals surface area contributed by atoms with Crippen LogP contribution < -0.4 is 10.2 Å². The minimum absolute atomic E-state index is 0.0924. The smallest absolute Gasteiger partial charge is 0.242 e. The highest BCUT2D eigenvalue weighted by molar-refractivity contribution is 6.30. The van der Waals surface area contributed by atoms with Gasteiger partial charge in [0.15, 0.2) is 0 Å². The first-order valence-corrected chi connectivity index (χ1v) is 8.15. The number of nitrogens with one attached hydrogen (secondary N) is 1. The zero-order valence-electron chi connectivity index (χ0n) is 14.0. The van der Waals surface area contributed by atoms with Crippen LogP contribution in [-0.2, 0) is 11.4 Å². The van der Waals surface area contributed by atoms with Crippen LogP contribution >= 0.6 is 11.6 Å². The number of carbonyl (C=O) groups excluding carboxylic acids is 1. The van der Waals surface area contributed by atoms with Crippen molar-refractivity contribution in [2.45, 2.75) is 27.4 Å². The van der Waals surface area contributed by atoms with E-state index in [1.165, 1.54) is 0 Å². The van der Waals surface area contributed by atoms with Crippen LogP contribution in [0.4, 0.5) is 0 Å². The van der Waals surface area contributed by atoms with Crippen molar-refractivity contribution in [3.8, 4) is 5.75 Å². The lowest BCUT2D eigenvalue weighted by atomic mass is 10.1. The second kappa shape index (κ2) is 8.50. The fourth-order valence-electron chi connectivity index (χ4n) is 1.87. The number of hydrogen-bond donors (Lipinski definition) is 1. The first-order valence-electron chi connectivity index (χ1n) is 7.77. The Balaban J connectivity index is 1.93. The van der Waals surface area contributed by atoms with Crippen molar-refractivity contribution < 1.29 is 9.53 Å². The molecule has 0 fully saturated rings. The van der Waals surface area contributed by atoms with Crippen molar-refractivity contribution in [2.24, 2.45) is 11.0 Å². The lowest BCUT2D eigenvalue weighted by Gasteiger charge is -2.08. The number of nitrogens with zero attached hydrogens (tertiary/aromatic N) is 1. The van der Waals surface area contributed by atoms with Crippen molar-refractivity contribution >= 4 is 23.2 Å². The molecule has 1 amide bonds. The van der Waals surface area contributed by atoms with E-state index in [1.54, 1.807) is 0 Å². The van der Waals surface area contributed by atoms with E-state index in [0.717, 1.165) is 22.6 Å². The molecule has 0 heterocycles. The molecule has 126 valence electrons. The number of benzene rings is 2. The minimum atomic E-state index is -0.0998. The Hall–Kier alpha value is -2.33. The highest BCUT2D eigenvalue weighted by Gasteiger charge is 2.05. The summed E-state index contributed by atoms with van der Waals surface area (Å²) in [6, 6.07) is 15.2. The molecule has 2 aromatic carbocycles. The Morgan fingerprint density at radius 2 is 1.75 bits per heavy atom. The summed E-state index contributed by atoms with van der Waals surface area (Å²) in [7, 11) is 0. The Labute approximate surface area is 147 Å². The maximum Gasteiger partial charge on any atom is 0.242 e. The van der Waals surface area contributed by atoms with Gasteiger partial charge in [-0.2, -0.15) is 5.10 Å². The predicted octanol–water partition coefficient (Wildman–Crippen LogP) is 4.42. The second-order valence-electron chi connectivity index (χ2n) is 5.77. The molecule has 2 rings (SSSR count). The van der Waals surface area contributed by atoms with Gasteiger partial charge in [-0.15, -0.1) is 0 Å². The van der Waals surface area contributed by atoms with Crippen molar-refractivity contribution in [2.75, 3.05) is 0 Å². The first-order chi connectivity index (χ1) is 11.5. The summed E-state index contributed by atoms with van der Waals surface area (Å²) < 4.78 is 5.74. The number of hydrogen-bond acceptors (Lipinski definition) is 3. The van der Waals surface area contributed by atoms with Crippen LogP contribution in [0.5, 0.6) is 5.75 Å². The van der Waals surface area contributed by atoms with E-state index < -0.39 is 0 Å². The highest BCUT2D eigenvalue weighted by Crippen LogP contribution is 2.16. The van der Waals surface area contributed by atoms with Gasteiger partial charge in [-0.25, -0.2) is 5.43 Å². The fourth-order valence-corrected chi connectivity index (χ4v) is 2.00. The fraction of sp³-hybridized carbons (Fsp3) is 0.263. The summed E-state index contributed by atoms with van der Waals surface area (Å²) in [6.45, 7) is 5.98. The van der Waals surface area contributed by atoms with Gasteiger partial charge in [0.25, 0.3) is 0 Å². The zero-order valence-corrected chi connectivity index (χ0v) is 14.8. The molecule has 0 saturated carbocycles. The molecule has 0 saturated heterocycles. The van der Waals surface area contributed by atoms with Crippen LogP contribution in [0.25, 0.3) is 0 Å². The van der Waals surface area contributed by atoms with Gasteiger partial charge in [0.05, 0.1) is 5.71 Å². The molecule has 0 aromatic heterocycles. The Morgan fingerprint density at radius 1 is 1.12 bits per heavy atom. The van der Waals surface area contributed by atoms with Crippen molar-refractivity contribution in [3.05, 3.63) is 64.7 Å². The minimum Gasteiger partial charge on any atom is -0.489 e. The summed E-state index contributed by atoms with van der Waals surface area (Å²) in [5.41, 5.74) is 5.28. The molecule has 0 spiro atoms. The van der Waals surface area contributed by atoms with E-state index in [1.807, 2.05) is 69.3 Å². The van der Waals surface area contributed by atoms with Crippen molar-refractivity contribution in [1.82, 2.24) is 5.43 Å². The van der Waals surface area contributed by atoms with Crippen LogP contribution in [0.15, 0.2) is 53.6 Å². The maximum absolute atomic E-state index is 11.5. The van der Waals surface area contributed by atoms with Gasteiger partial charge in [-0.1, -0.05) is 37.6 Å². The third-order valence-electron chi connectivity index (χ3n) is 3.45. The average Bonchev–Trinajstić information content (AvgIpc) is 2.59. The normalized spacial score (nSPS) is 11.5. The maximum atomic E-state index is 11.5. The van der Waals surface area contributed by atoms with Gasteiger partial charge in [0.2, 0.25) is 5.91 Å². The average molecular weight is 345 g/mol. The topological polar surface area (TPSA) is 50.7 Å². The van der Waals surface area contributed by atoms with E-state index in [4.69, 9.17) is 16.3 Å². The summed E-state index contributed by atoms with van der Waals surface area (Å²) >= 11 is 5.86. The lowest BCUT2D eigenvalue weighted by Crippen LogP contribution is -2.24. The van der Waals surface area contributed by atoms with Crippen LogP contribution in [0, 0.1) is 5.92 Å². The molecule has 0 aliphatic carbocycles. The Bertz CT molecular complexity index is 707. The van der Waals surface area contributed by atoms with Gasteiger partial charge in [-0.05, 0) is 54.4 Å². The number of halogens is 1. The molecule has 0 radical (unpaired) electrons. The Morgan fingerprint density at radius 3 is 2.33 bits per heavy atom. The van der Waals surface area contributed by atoms with Gasteiger partial charge in [0, 0.05) is 10.9 Å². The van der Waals surface area contributed by atoms with Crippen LogP contribution in [0.2, 0.25) is 5.02 Å². The standard InChI is InChI=1S/C19H21ClN2O2/c1-13(2)19(23)22-21-14(3)16-6-10-18(11-7-16)24-12-15-4-8-17(20)9-5-15/h4-11,13H,12H2,1-3H3,(H,22,23)/b21-14-. The quantitative estimate of drug-likeness (QED) is 0.623. The monoisotopic (exact) mass is 344 g/mol. The van der Waals surface area contributed by atoms with Gasteiger partial charge < -0.3 is 4.74 Å². The SMILES string of the molecule is C/C(=N/NC(=O)C(C)C)c1ccc(OCc2ccc(Cl)cc2)cc1. The molecule has 2 aromatic rings. The number of rotatable bonds is 6. The molecule has 4 nitrogen and oxygen atoms in total. The summed E-state index contributed by atoms with van der Waals surface area (Å²) in [4.78, 5) is 11.5. The Kier molecular flexibility index (Phi) is 6.38. The molecule has 24 heavy (non-hydrogen) atoms. The largest absolute Gasteiger partial charge is 0.489 e. The highest BCUT2D eigenvalue weighted by atomic mass is 35.5. The van der Waals surface area contributed by atoms with Crippen LogP contribution in [0.3, 0.4) is 0 Å². The summed E-state index contributed by atoms with van der Waals surface area (Å²) in [5, 5.41) is 4.82. The van der Waals surface area contributed by atoms with Gasteiger partial charge >= 0.3 is 0 Å². The summed E-state index contributed by atoms with van der Waals surface area (Å²) in [5.74, 6) is 0.579. The second-order valence-corrected chi connectivity index (χ2v) is 6.20. The van der Waals surface area contributed by atoms with Gasteiger partial charge in [-0.3, -0.25) is 4.79 Å². The first kappa shape index (κ1) is 18.0. The van der Waals surface area contributed by atoms with E-state index in [0.29, 0.717) is 11.6 Å². The number of carbonyl (C=O) groups is 1. The molecule has 0 bridgehead atoms. The lowest BCUT2D eigenvalue weighted by molar-refractivity contribution is -0.123. The summed E-state index contributed by atoms with van der Waals surface area (Å²) in [6.07, 6.45) is 0. The molecular weight excluding hydrogens is 324 g/mol. The van der Waals surface area contributed by atoms with Crippen LogP contribution in [0.1, 0.15) is 31.9 Å². The number of ether oxygens (including phenoxy) is 1. The van der Waals surface area contributed by atoms with E-state index in [-0.39, 0.29) is 11.8 Å². The number of hydrazone groups is 1. The molecule has 1 N–H and O–H groups in total. The predicted molar refractivity (Wildman–Crippen MR) is 97.4 cm³/mol. The molecule has 0 unspecified atom stereocenters. The van der Waals surface area contributed by atoms with Gasteiger partial charge in [0.1, 0.15) is 12.4 Å². The van der Waals surface area contributed by atoms with E-state index in [9.17, 15) is 4.79 Å². The molecule has 0 atom stereocenters. The van der Waals surface area contributed by atoms with Crippen molar-refractivity contribution in [1.29, 1.82) is 0 Å². The third kappa shape index (κ3) is 5.39. The molecule has 0 aliphatic rings. The molecule has 5 heteroatoms. The molecular formula is C19H21ClN2O2. The van der Waals surface area contributed by atoms with E-state index in [2.05, 4.69) is 10.5 Å². The third-order valence-corrected chi connectivity index (χ3v) is 3.70. The van der Waals surface area contributed by atoms with Crippen LogP contribution in [-0.4, -0.2) is 11.6 Å². The zero-order chi connectivity index (χ0) is 17.5. The van der Waals surface area contributed by atoms with E-state index >= 15 is 0 Å². The molecule has 0 aliphatic heterocycles. The van der Waals surface area contributed by atoms with Crippen molar-refractivity contribution in [3.63, 3.8) is 0 Å². The number of amides is 1.